The van der Waals surface area contributed by atoms with Gasteiger partial charge in [-0.15, -0.1) is 11.3 Å². The molecule has 5 nitrogen and oxygen atoms in total. The Kier molecular flexibility index (Phi) is 4.85. The van der Waals surface area contributed by atoms with Crippen molar-refractivity contribution < 1.29 is 18.3 Å². The van der Waals surface area contributed by atoms with Gasteiger partial charge in [-0.1, -0.05) is 12.1 Å². The van der Waals surface area contributed by atoms with Gasteiger partial charge in [0.2, 0.25) is 0 Å². The van der Waals surface area contributed by atoms with E-state index in [-0.39, 0.29) is 16.3 Å². The van der Waals surface area contributed by atoms with Crippen molar-refractivity contribution in [2.75, 3.05) is 18.2 Å². The minimum atomic E-state index is -1.04. The highest BCUT2D eigenvalue weighted by molar-refractivity contribution is 7.21. The molecule has 2 heterocycles. The fourth-order valence-corrected chi connectivity index (χ4v) is 3.86. The van der Waals surface area contributed by atoms with E-state index in [1.165, 1.54) is 6.07 Å². The van der Waals surface area contributed by atoms with Crippen molar-refractivity contribution in [1.82, 2.24) is 4.98 Å². The molecule has 4 aromatic rings. The number of ether oxygens (including phenoxy) is 1. The number of nitrogens with two attached hydrogens (primary N) is 1. The molecule has 146 valence electrons. The third-order valence-electron chi connectivity index (χ3n) is 4.34. The number of thiophene rings is 1. The molecule has 3 N–H and O–H groups in total. The predicted molar refractivity (Wildman–Crippen MR) is 110 cm³/mol. The number of nitrogens with one attached hydrogen (secondary N) is 1. The summed E-state index contributed by atoms with van der Waals surface area (Å²) in [6.07, 6.45) is 0. The van der Waals surface area contributed by atoms with Gasteiger partial charge in [0.25, 0.3) is 5.91 Å². The van der Waals surface area contributed by atoms with Crippen LogP contribution in [0.4, 0.5) is 20.2 Å². The Morgan fingerprint density at radius 2 is 1.93 bits per heavy atom. The number of hydrogen-bond acceptors (Lipinski definition) is 5. The lowest BCUT2D eigenvalue weighted by Gasteiger charge is -2.05. The van der Waals surface area contributed by atoms with Crippen molar-refractivity contribution >= 4 is 38.8 Å². The Morgan fingerprint density at radius 3 is 2.69 bits per heavy atom. The number of amides is 1. The highest BCUT2D eigenvalue weighted by Gasteiger charge is 2.18. The second-order valence-corrected chi connectivity index (χ2v) is 7.21. The number of hydrogen-bond donors (Lipinski definition) is 2. The van der Waals surface area contributed by atoms with Crippen LogP contribution < -0.4 is 15.8 Å². The number of nitrogens with zero attached hydrogens (tertiary/aromatic N) is 1. The Morgan fingerprint density at radius 1 is 1.10 bits per heavy atom. The topological polar surface area (TPSA) is 77.2 Å². The average Bonchev–Trinajstić information content (AvgIpc) is 3.07. The number of rotatable bonds is 4. The number of carbonyl (C=O) groups is 1. The second-order valence-electron chi connectivity index (χ2n) is 6.21. The molecule has 0 saturated heterocycles. The van der Waals surface area contributed by atoms with E-state index >= 15 is 0 Å². The first-order valence-electron chi connectivity index (χ1n) is 8.56. The number of nitrogen functional groups attached to an aromatic ring is 1. The Labute approximate surface area is 168 Å². The summed E-state index contributed by atoms with van der Waals surface area (Å²) >= 11 is 1.13. The summed E-state index contributed by atoms with van der Waals surface area (Å²) in [5, 5.41) is 3.18. The molecule has 8 heteroatoms. The molecular weight excluding hydrogens is 396 g/mol. The Balaban J connectivity index is 1.67. The highest BCUT2D eigenvalue weighted by Crippen LogP contribution is 2.35. The zero-order chi connectivity index (χ0) is 20.5. The molecular formula is C21H15F2N3O2S. The predicted octanol–water partition coefficient (Wildman–Crippen LogP) is 5.08. The van der Waals surface area contributed by atoms with Crippen LogP contribution in [0.2, 0.25) is 0 Å². The number of pyridine rings is 1. The number of anilines is 2. The third-order valence-corrected chi connectivity index (χ3v) is 5.46. The molecule has 0 aliphatic rings. The molecule has 2 aromatic heterocycles. The summed E-state index contributed by atoms with van der Waals surface area (Å²) in [5.74, 6) is -1.84. The van der Waals surface area contributed by atoms with E-state index in [1.54, 1.807) is 13.2 Å². The lowest BCUT2D eigenvalue weighted by atomic mass is 10.1. The summed E-state index contributed by atoms with van der Waals surface area (Å²) < 4.78 is 31.7. The molecule has 1 amide bonds. The van der Waals surface area contributed by atoms with Crippen LogP contribution in [0.1, 0.15) is 9.67 Å². The maximum atomic E-state index is 13.4. The first kappa shape index (κ1) is 18.8. The molecule has 4 rings (SSSR count). The monoisotopic (exact) mass is 411 g/mol. The first-order valence-corrected chi connectivity index (χ1v) is 9.38. The van der Waals surface area contributed by atoms with Crippen LogP contribution in [-0.4, -0.2) is 18.0 Å². The van der Waals surface area contributed by atoms with Crippen molar-refractivity contribution in [3.63, 3.8) is 0 Å². The van der Waals surface area contributed by atoms with Gasteiger partial charge in [0.1, 0.15) is 15.5 Å². The SMILES string of the molecule is COc1cccc(-c2ccc3c(N)c(C(=O)Nc4ccc(F)c(F)c4)sc3n2)c1. The maximum Gasteiger partial charge on any atom is 0.267 e. The number of fused-ring (bicyclic) bond motifs is 1. The van der Waals surface area contributed by atoms with Gasteiger partial charge < -0.3 is 15.8 Å². The summed E-state index contributed by atoms with van der Waals surface area (Å²) in [6, 6.07) is 14.2. The molecule has 0 aliphatic carbocycles. The number of aromatic nitrogens is 1. The fourth-order valence-electron chi connectivity index (χ4n) is 2.87. The van der Waals surface area contributed by atoms with E-state index in [2.05, 4.69) is 10.3 Å². The Bertz CT molecular complexity index is 1240. The van der Waals surface area contributed by atoms with Crippen molar-refractivity contribution in [1.29, 1.82) is 0 Å². The largest absolute Gasteiger partial charge is 0.497 e. The van der Waals surface area contributed by atoms with E-state index in [1.807, 2.05) is 30.3 Å². The first-order chi connectivity index (χ1) is 14.0. The van der Waals surface area contributed by atoms with Crippen molar-refractivity contribution in [3.05, 3.63) is 71.1 Å². The molecule has 0 spiro atoms. The summed E-state index contributed by atoms with van der Waals surface area (Å²) in [6.45, 7) is 0. The third kappa shape index (κ3) is 3.62. The number of methoxy groups -OCH3 is 1. The van der Waals surface area contributed by atoms with Crippen LogP contribution >= 0.6 is 11.3 Å². The summed E-state index contributed by atoms with van der Waals surface area (Å²) in [7, 11) is 1.59. The van der Waals surface area contributed by atoms with Gasteiger partial charge >= 0.3 is 0 Å². The molecule has 0 unspecified atom stereocenters. The quantitative estimate of drug-likeness (QED) is 0.491. The molecule has 0 aliphatic heterocycles. The molecule has 0 atom stereocenters. The van der Waals surface area contributed by atoms with Crippen LogP contribution in [0.3, 0.4) is 0 Å². The van der Waals surface area contributed by atoms with Crippen LogP contribution in [0.25, 0.3) is 21.5 Å². The van der Waals surface area contributed by atoms with E-state index in [9.17, 15) is 13.6 Å². The smallest absolute Gasteiger partial charge is 0.267 e. The maximum absolute atomic E-state index is 13.4. The summed E-state index contributed by atoms with van der Waals surface area (Å²) in [4.78, 5) is 18.1. The summed E-state index contributed by atoms with van der Waals surface area (Å²) in [5.41, 5.74) is 8.14. The lowest BCUT2D eigenvalue weighted by Crippen LogP contribution is -2.12. The lowest BCUT2D eigenvalue weighted by molar-refractivity contribution is 0.103. The molecule has 2 aromatic carbocycles. The molecule has 0 radical (unpaired) electrons. The van der Waals surface area contributed by atoms with Crippen molar-refractivity contribution in [3.8, 4) is 17.0 Å². The van der Waals surface area contributed by atoms with Gasteiger partial charge in [-0.2, -0.15) is 0 Å². The van der Waals surface area contributed by atoms with E-state index < -0.39 is 17.5 Å². The minimum Gasteiger partial charge on any atom is -0.497 e. The molecule has 0 saturated carbocycles. The number of benzene rings is 2. The Hall–Kier alpha value is -3.52. The van der Waals surface area contributed by atoms with E-state index in [0.717, 1.165) is 29.0 Å². The van der Waals surface area contributed by atoms with Crippen LogP contribution in [0.15, 0.2) is 54.6 Å². The zero-order valence-corrected chi connectivity index (χ0v) is 16.0. The normalized spacial score (nSPS) is 10.9. The van der Waals surface area contributed by atoms with Gasteiger partial charge in [-0.05, 0) is 36.4 Å². The van der Waals surface area contributed by atoms with Gasteiger partial charge in [-0.25, -0.2) is 13.8 Å². The zero-order valence-electron chi connectivity index (χ0n) is 15.2. The van der Waals surface area contributed by atoms with E-state index in [4.69, 9.17) is 10.5 Å². The van der Waals surface area contributed by atoms with Crippen LogP contribution in [0, 0.1) is 11.6 Å². The van der Waals surface area contributed by atoms with Crippen molar-refractivity contribution in [2.45, 2.75) is 0 Å². The van der Waals surface area contributed by atoms with E-state index in [0.29, 0.717) is 21.7 Å². The van der Waals surface area contributed by atoms with Gasteiger partial charge in [0.15, 0.2) is 11.6 Å². The number of halogens is 2. The minimum absolute atomic E-state index is 0.135. The fraction of sp³-hybridized carbons (Fsp3) is 0.0476. The molecule has 0 fully saturated rings. The van der Waals surface area contributed by atoms with Crippen LogP contribution in [-0.2, 0) is 0 Å². The molecule has 29 heavy (non-hydrogen) atoms. The average molecular weight is 411 g/mol. The highest BCUT2D eigenvalue weighted by atomic mass is 32.1. The van der Waals surface area contributed by atoms with Gasteiger partial charge in [0.05, 0.1) is 18.5 Å². The standard InChI is InChI=1S/C21H15F2N3O2S/c1-28-13-4-2-3-11(9-13)17-8-6-14-18(24)19(29-21(14)26-17)20(27)25-12-5-7-15(22)16(23)10-12/h2-10H,24H2,1H3,(H,25,27). The second kappa shape index (κ2) is 7.48. The van der Waals surface area contributed by atoms with Gasteiger partial charge in [0, 0.05) is 22.7 Å². The van der Waals surface area contributed by atoms with Crippen LogP contribution in [0.5, 0.6) is 5.75 Å². The number of carbonyl (C=O) groups excluding carboxylic acids is 1. The molecule has 0 bridgehead atoms. The van der Waals surface area contributed by atoms with Gasteiger partial charge in [-0.3, -0.25) is 4.79 Å². The van der Waals surface area contributed by atoms with Crippen molar-refractivity contribution in [2.24, 2.45) is 0 Å².